The number of rotatable bonds is 9. The van der Waals surface area contributed by atoms with E-state index in [1.807, 2.05) is 41.0 Å². The van der Waals surface area contributed by atoms with Crippen molar-refractivity contribution in [2.24, 2.45) is 0 Å². The molecule has 2 heterocycles. The normalized spacial score (nSPS) is 13.1. The number of hydrogen-bond acceptors (Lipinski definition) is 5. The zero-order valence-electron chi connectivity index (χ0n) is 20.9. The highest BCUT2D eigenvalue weighted by Crippen LogP contribution is 2.34. The molecule has 6 nitrogen and oxygen atoms in total. The molecule has 0 amide bonds. The quantitative estimate of drug-likeness (QED) is 0.322. The molecule has 0 bridgehead atoms. The summed E-state index contributed by atoms with van der Waals surface area (Å²) in [6.45, 7) is 0.923. The van der Waals surface area contributed by atoms with Crippen molar-refractivity contribution in [1.29, 1.82) is 0 Å². The van der Waals surface area contributed by atoms with Crippen LogP contribution in [-0.2, 0) is 38.8 Å². The Kier molecular flexibility index (Phi) is 7.28. The number of thiophene rings is 1. The van der Waals surface area contributed by atoms with Gasteiger partial charge in [0.15, 0.2) is 11.5 Å². The first-order valence-corrected chi connectivity index (χ1v) is 13.4. The van der Waals surface area contributed by atoms with E-state index in [1.165, 1.54) is 20.6 Å². The van der Waals surface area contributed by atoms with Crippen LogP contribution in [0.2, 0.25) is 0 Å². The summed E-state index contributed by atoms with van der Waals surface area (Å²) in [6, 6.07) is 16.1. The topological polar surface area (TPSA) is 62.5 Å². The molecule has 2 aromatic carbocycles. The number of ether oxygens (including phenoxy) is 2. The number of benzene rings is 2. The van der Waals surface area contributed by atoms with Gasteiger partial charge in [0, 0.05) is 18.0 Å². The third kappa shape index (κ3) is 4.72. The smallest absolute Gasteiger partial charge is 0.332 e. The molecule has 36 heavy (non-hydrogen) atoms. The summed E-state index contributed by atoms with van der Waals surface area (Å²) < 4.78 is 14.1. The van der Waals surface area contributed by atoms with Crippen molar-refractivity contribution in [3.05, 3.63) is 90.9 Å². The third-order valence-electron chi connectivity index (χ3n) is 7.08. The molecule has 0 saturated carbocycles. The van der Waals surface area contributed by atoms with Crippen LogP contribution in [0, 0.1) is 0 Å². The summed E-state index contributed by atoms with van der Waals surface area (Å²) in [5.74, 6) is 1.30. The molecule has 0 spiro atoms. The van der Waals surface area contributed by atoms with Gasteiger partial charge in [-0.1, -0.05) is 36.4 Å². The monoisotopic (exact) mass is 504 g/mol. The van der Waals surface area contributed by atoms with Gasteiger partial charge >= 0.3 is 5.69 Å². The Balaban J connectivity index is 1.50. The Morgan fingerprint density at radius 2 is 1.61 bits per heavy atom. The highest BCUT2D eigenvalue weighted by Gasteiger charge is 2.23. The van der Waals surface area contributed by atoms with Gasteiger partial charge in [0.05, 0.1) is 19.6 Å². The highest BCUT2D eigenvalue weighted by atomic mass is 32.1. The van der Waals surface area contributed by atoms with Crippen LogP contribution in [0.15, 0.2) is 58.1 Å². The summed E-state index contributed by atoms with van der Waals surface area (Å²) in [4.78, 5) is 29.5. The van der Waals surface area contributed by atoms with E-state index in [0.717, 1.165) is 54.3 Å². The average molecular weight is 505 g/mol. The van der Waals surface area contributed by atoms with Crippen molar-refractivity contribution in [3.8, 4) is 11.5 Å². The molecule has 4 aromatic rings. The van der Waals surface area contributed by atoms with Crippen molar-refractivity contribution in [2.45, 2.75) is 58.0 Å². The van der Waals surface area contributed by atoms with Gasteiger partial charge in [0.25, 0.3) is 5.56 Å². The zero-order valence-corrected chi connectivity index (χ0v) is 21.7. The molecule has 0 aliphatic heterocycles. The van der Waals surface area contributed by atoms with Crippen LogP contribution in [0.5, 0.6) is 11.5 Å². The highest BCUT2D eigenvalue weighted by molar-refractivity contribution is 7.18. The van der Waals surface area contributed by atoms with Gasteiger partial charge in [-0.05, 0) is 73.8 Å². The maximum Gasteiger partial charge on any atom is 0.332 e. The Bertz CT molecular complexity index is 1480. The minimum Gasteiger partial charge on any atom is -0.493 e. The largest absolute Gasteiger partial charge is 0.493 e. The van der Waals surface area contributed by atoms with Gasteiger partial charge in [0.1, 0.15) is 4.83 Å². The molecular formula is C29H32N2O4S. The molecule has 5 rings (SSSR count). The van der Waals surface area contributed by atoms with E-state index < -0.39 is 0 Å². The fourth-order valence-electron chi connectivity index (χ4n) is 5.17. The molecule has 1 aliphatic carbocycles. The Morgan fingerprint density at radius 3 is 2.39 bits per heavy atom. The van der Waals surface area contributed by atoms with Gasteiger partial charge in [-0.3, -0.25) is 13.9 Å². The Morgan fingerprint density at radius 1 is 0.833 bits per heavy atom. The summed E-state index contributed by atoms with van der Waals surface area (Å²) in [6.07, 6.45) is 6.44. The second-order valence-electron chi connectivity index (χ2n) is 9.31. The third-order valence-corrected chi connectivity index (χ3v) is 8.40. The first-order valence-electron chi connectivity index (χ1n) is 12.6. The summed E-state index contributed by atoms with van der Waals surface area (Å²) >= 11 is 1.65. The first-order chi connectivity index (χ1) is 17.6. The van der Waals surface area contributed by atoms with E-state index in [1.54, 1.807) is 25.6 Å². The standard InChI is InChI=1S/C29H32N2O4S/c1-34-23-15-14-21(19-24(23)35-2)16-18-30-27(32)26-22-12-6-7-13-25(22)36-28(26)31(29(30)33)17-8-11-20-9-4-3-5-10-20/h3-5,9-10,14-15,19H,6-8,11-13,16-18H2,1-2H3. The van der Waals surface area contributed by atoms with Crippen molar-refractivity contribution >= 4 is 21.6 Å². The van der Waals surface area contributed by atoms with Crippen LogP contribution in [0.4, 0.5) is 0 Å². The number of aromatic nitrogens is 2. The van der Waals surface area contributed by atoms with Gasteiger partial charge < -0.3 is 9.47 Å². The number of methoxy groups -OCH3 is 2. The lowest BCUT2D eigenvalue weighted by Gasteiger charge is -2.14. The molecule has 0 fully saturated rings. The lowest BCUT2D eigenvalue weighted by atomic mass is 9.97. The van der Waals surface area contributed by atoms with Crippen molar-refractivity contribution in [3.63, 3.8) is 0 Å². The summed E-state index contributed by atoms with van der Waals surface area (Å²) in [5.41, 5.74) is 3.06. The molecule has 1 aliphatic rings. The van der Waals surface area contributed by atoms with Crippen LogP contribution in [0.3, 0.4) is 0 Å². The molecule has 7 heteroatoms. The van der Waals surface area contributed by atoms with E-state index in [-0.39, 0.29) is 11.2 Å². The molecule has 0 unspecified atom stereocenters. The summed E-state index contributed by atoms with van der Waals surface area (Å²) in [7, 11) is 3.21. The second-order valence-corrected chi connectivity index (χ2v) is 10.4. The van der Waals surface area contributed by atoms with Crippen molar-refractivity contribution in [2.75, 3.05) is 14.2 Å². The fraction of sp³-hybridized carbons (Fsp3) is 0.379. The molecule has 0 saturated heterocycles. The van der Waals surface area contributed by atoms with E-state index in [0.29, 0.717) is 31.0 Å². The van der Waals surface area contributed by atoms with Gasteiger partial charge in [-0.2, -0.15) is 0 Å². The Hall–Kier alpha value is -3.32. The Labute approximate surface area is 214 Å². The summed E-state index contributed by atoms with van der Waals surface area (Å²) in [5, 5.41) is 0.765. The number of hydrogen-bond donors (Lipinski definition) is 0. The first kappa shape index (κ1) is 24.4. The number of nitrogens with zero attached hydrogens (tertiary/aromatic N) is 2. The predicted molar refractivity (Wildman–Crippen MR) is 145 cm³/mol. The van der Waals surface area contributed by atoms with Gasteiger partial charge in [0.2, 0.25) is 0 Å². The van der Waals surface area contributed by atoms with E-state index in [2.05, 4.69) is 12.1 Å². The molecule has 0 N–H and O–H groups in total. The molecule has 188 valence electrons. The lowest BCUT2D eigenvalue weighted by molar-refractivity contribution is 0.354. The number of aryl methyl sites for hydroxylation is 5. The molecule has 0 radical (unpaired) electrons. The van der Waals surface area contributed by atoms with Crippen LogP contribution in [0.1, 0.15) is 40.8 Å². The van der Waals surface area contributed by atoms with E-state index in [9.17, 15) is 9.59 Å². The van der Waals surface area contributed by atoms with Crippen LogP contribution in [0.25, 0.3) is 10.2 Å². The van der Waals surface area contributed by atoms with Crippen LogP contribution in [-0.4, -0.2) is 23.4 Å². The SMILES string of the molecule is COc1ccc(CCn2c(=O)c3c4c(sc3n(CCCc3ccccc3)c2=O)CCCC4)cc1OC. The maximum atomic E-state index is 13.7. The molecule has 0 atom stereocenters. The van der Waals surface area contributed by atoms with E-state index >= 15 is 0 Å². The molecule has 2 aromatic heterocycles. The predicted octanol–water partition coefficient (Wildman–Crippen LogP) is 5.00. The van der Waals surface area contributed by atoms with Gasteiger partial charge in [-0.15, -0.1) is 11.3 Å². The maximum absolute atomic E-state index is 13.7. The van der Waals surface area contributed by atoms with Crippen LogP contribution < -0.4 is 20.7 Å². The number of fused-ring (bicyclic) bond motifs is 3. The fourth-order valence-corrected chi connectivity index (χ4v) is 6.57. The minimum absolute atomic E-state index is 0.144. The van der Waals surface area contributed by atoms with E-state index in [4.69, 9.17) is 9.47 Å². The van der Waals surface area contributed by atoms with Gasteiger partial charge in [-0.25, -0.2) is 4.79 Å². The lowest BCUT2D eigenvalue weighted by Crippen LogP contribution is -2.40. The molecular weight excluding hydrogens is 472 g/mol. The average Bonchev–Trinajstić information content (AvgIpc) is 3.30. The van der Waals surface area contributed by atoms with Crippen molar-refractivity contribution in [1.82, 2.24) is 9.13 Å². The second kappa shape index (κ2) is 10.7. The zero-order chi connectivity index (χ0) is 25.1. The minimum atomic E-state index is -0.209. The van der Waals surface area contributed by atoms with Crippen LogP contribution >= 0.6 is 11.3 Å². The van der Waals surface area contributed by atoms with Crippen molar-refractivity contribution < 1.29 is 9.47 Å².